The molecule has 1 fully saturated rings. The molecule has 0 saturated heterocycles. The van der Waals surface area contributed by atoms with Crippen molar-refractivity contribution in [3.05, 3.63) is 35.9 Å². The molecular formula is C16H19NO4. The largest absolute Gasteiger partial charge is 0.497 e. The minimum absolute atomic E-state index is 0.0425. The minimum Gasteiger partial charge on any atom is -0.497 e. The summed E-state index contributed by atoms with van der Waals surface area (Å²) in [6.07, 6.45) is 5.05. The molecule has 2 N–H and O–H groups in total. The molecule has 0 spiro atoms. The number of rotatable bonds is 5. The highest BCUT2D eigenvalue weighted by Gasteiger charge is 2.30. The highest BCUT2D eigenvalue weighted by Crippen LogP contribution is 2.25. The second-order valence-corrected chi connectivity index (χ2v) is 5.16. The first-order valence-electron chi connectivity index (χ1n) is 6.94. The number of carbonyl (C=O) groups excluding carboxylic acids is 1. The van der Waals surface area contributed by atoms with Crippen molar-refractivity contribution in [2.75, 3.05) is 7.11 Å². The number of hydrogen-bond acceptors (Lipinski definition) is 3. The van der Waals surface area contributed by atoms with Crippen molar-refractivity contribution in [2.45, 2.75) is 25.3 Å². The number of carbonyl (C=O) groups is 2. The summed E-state index contributed by atoms with van der Waals surface area (Å²) >= 11 is 0. The Morgan fingerprint density at radius 1 is 1.29 bits per heavy atom. The van der Waals surface area contributed by atoms with E-state index in [0.29, 0.717) is 12.8 Å². The molecular weight excluding hydrogens is 270 g/mol. The van der Waals surface area contributed by atoms with Gasteiger partial charge in [-0.1, -0.05) is 12.1 Å². The fourth-order valence-corrected chi connectivity index (χ4v) is 2.47. The van der Waals surface area contributed by atoms with Crippen LogP contribution >= 0.6 is 0 Å². The Balaban J connectivity index is 1.84. The molecule has 1 amide bonds. The monoisotopic (exact) mass is 289 g/mol. The lowest BCUT2D eigenvalue weighted by Gasteiger charge is -2.10. The zero-order valence-corrected chi connectivity index (χ0v) is 11.9. The standard InChI is InChI=1S/C16H19NO4/c1-21-14-7-2-11(3-8-14)4-9-15(18)17-13-6-5-12(10-13)16(19)20/h2-4,7-9,12-13H,5-6,10H2,1H3,(H,17,18)(H,19,20). The van der Waals surface area contributed by atoms with Gasteiger partial charge in [-0.05, 0) is 43.0 Å². The van der Waals surface area contributed by atoms with Crippen LogP contribution in [-0.4, -0.2) is 30.1 Å². The number of ether oxygens (including phenoxy) is 1. The Hall–Kier alpha value is -2.30. The van der Waals surface area contributed by atoms with Gasteiger partial charge >= 0.3 is 5.97 Å². The average Bonchev–Trinajstić information content (AvgIpc) is 2.94. The number of aliphatic carboxylic acids is 1. The summed E-state index contributed by atoms with van der Waals surface area (Å²) in [5, 5.41) is 11.8. The topological polar surface area (TPSA) is 75.6 Å². The van der Waals surface area contributed by atoms with E-state index in [2.05, 4.69) is 5.32 Å². The average molecular weight is 289 g/mol. The molecule has 2 atom stereocenters. The maximum Gasteiger partial charge on any atom is 0.306 e. The van der Waals surface area contributed by atoms with Crippen molar-refractivity contribution in [3.63, 3.8) is 0 Å². The first-order valence-corrected chi connectivity index (χ1v) is 6.94. The molecule has 1 saturated carbocycles. The van der Waals surface area contributed by atoms with E-state index in [4.69, 9.17) is 9.84 Å². The van der Waals surface area contributed by atoms with Gasteiger partial charge in [0.25, 0.3) is 0 Å². The molecule has 1 aromatic rings. The van der Waals surface area contributed by atoms with Crippen LogP contribution in [0.15, 0.2) is 30.3 Å². The molecule has 1 aliphatic carbocycles. The predicted molar refractivity (Wildman–Crippen MR) is 78.9 cm³/mol. The molecule has 5 nitrogen and oxygen atoms in total. The molecule has 2 rings (SSSR count). The lowest BCUT2D eigenvalue weighted by atomic mass is 10.1. The summed E-state index contributed by atoms with van der Waals surface area (Å²) < 4.78 is 5.06. The van der Waals surface area contributed by atoms with Gasteiger partial charge in [-0.25, -0.2) is 0 Å². The summed E-state index contributed by atoms with van der Waals surface area (Å²) in [6, 6.07) is 7.33. The van der Waals surface area contributed by atoms with E-state index < -0.39 is 5.97 Å². The predicted octanol–water partition coefficient (Wildman–Crippen LogP) is 2.08. The van der Waals surface area contributed by atoms with Crippen LogP contribution in [0.4, 0.5) is 0 Å². The molecule has 0 aromatic heterocycles. The molecule has 2 unspecified atom stereocenters. The van der Waals surface area contributed by atoms with E-state index >= 15 is 0 Å². The van der Waals surface area contributed by atoms with E-state index in [-0.39, 0.29) is 17.9 Å². The SMILES string of the molecule is COc1ccc(C=CC(=O)NC2CCC(C(=O)O)C2)cc1. The van der Waals surface area contributed by atoms with Gasteiger partial charge in [-0.3, -0.25) is 9.59 Å². The van der Waals surface area contributed by atoms with Crippen molar-refractivity contribution in [1.82, 2.24) is 5.32 Å². The van der Waals surface area contributed by atoms with Gasteiger partial charge in [0.05, 0.1) is 13.0 Å². The Morgan fingerprint density at radius 3 is 2.57 bits per heavy atom. The summed E-state index contributed by atoms with van der Waals surface area (Å²) in [4.78, 5) is 22.7. The lowest BCUT2D eigenvalue weighted by Crippen LogP contribution is -2.31. The molecule has 112 valence electrons. The summed E-state index contributed by atoms with van der Waals surface area (Å²) in [6.45, 7) is 0. The molecule has 1 aromatic carbocycles. The first kappa shape index (κ1) is 15.1. The van der Waals surface area contributed by atoms with Crippen molar-refractivity contribution in [2.24, 2.45) is 5.92 Å². The van der Waals surface area contributed by atoms with Crippen LogP contribution in [0.2, 0.25) is 0 Å². The van der Waals surface area contributed by atoms with E-state index in [1.165, 1.54) is 6.08 Å². The van der Waals surface area contributed by atoms with E-state index in [9.17, 15) is 9.59 Å². The van der Waals surface area contributed by atoms with Crippen LogP contribution in [0, 0.1) is 5.92 Å². The second kappa shape index (κ2) is 6.92. The zero-order chi connectivity index (χ0) is 15.2. The number of hydrogen-bond donors (Lipinski definition) is 2. The molecule has 0 aliphatic heterocycles. The number of methoxy groups -OCH3 is 1. The van der Waals surface area contributed by atoms with Gasteiger partial charge in [0, 0.05) is 12.1 Å². The van der Waals surface area contributed by atoms with Crippen LogP contribution in [0.1, 0.15) is 24.8 Å². The summed E-state index contributed by atoms with van der Waals surface area (Å²) in [5.41, 5.74) is 0.904. The van der Waals surface area contributed by atoms with Crippen molar-refractivity contribution < 1.29 is 19.4 Å². The Bertz CT molecular complexity index is 536. The van der Waals surface area contributed by atoms with Gasteiger partial charge in [-0.15, -0.1) is 0 Å². The van der Waals surface area contributed by atoms with E-state index in [0.717, 1.165) is 17.7 Å². The highest BCUT2D eigenvalue weighted by molar-refractivity contribution is 5.92. The van der Waals surface area contributed by atoms with Crippen LogP contribution < -0.4 is 10.1 Å². The van der Waals surface area contributed by atoms with Crippen molar-refractivity contribution in [1.29, 1.82) is 0 Å². The quantitative estimate of drug-likeness (QED) is 0.814. The van der Waals surface area contributed by atoms with Crippen LogP contribution in [0.3, 0.4) is 0 Å². The highest BCUT2D eigenvalue weighted by atomic mass is 16.5. The Kier molecular flexibility index (Phi) is 4.98. The van der Waals surface area contributed by atoms with Gasteiger partial charge in [-0.2, -0.15) is 0 Å². The van der Waals surface area contributed by atoms with Crippen LogP contribution in [-0.2, 0) is 9.59 Å². The van der Waals surface area contributed by atoms with Crippen LogP contribution in [0.5, 0.6) is 5.75 Å². The zero-order valence-electron chi connectivity index (χ0n) is 11.9. The van der Waals surface area contributed by atoms with Crippen molar-refractivity contribution >= 4 is 18.0 Å². The number of nitrogens with one attached hydrogen (secondary N) is 1. The van der Waals surface area contributed by atoms with Gasteiger partial charge in [0.1, 0.15) is 5.75 Å². The van der Waals surface area contributed by atoms with E-state index in [1.807, 2.05) is 24.3 Å². The summed E-state index contributed by atoms with van der Waals surface area (Å²) in [5.74, 6) is -0.537. The van der Waals surface area contributed by atoms with Crippen molar-refractivity contribution in [3.8, 4) is 5.75 Å². The third-order valence-corrected chi connectivity index (χ3v) is 3.67. The second-order valence-electron chi connectivity index (χ2n) is 5.16. The third-order valence-electron chi connectivity index (χ3n) is 3.67. The number of carboxylic acids is 1. The molecule has 21 heavy (non-hydrogen) atoms. The fraction of sp³-hybridized carbons (Fsp3) is 0.375. The maximum atomic E-state index is 11.8. The number of amides is 1. The maximum absolute atomic E-state index is 11.8. The molecule has 1 aliphatic rings. The number of carboxylic acid groups (broad SMARTS) is 1. The molecule has 0 heterocycles. The minimum atomic E-state index is -0.777. The van der Waals surface area contributed by atoms with Crippen LogP contribution in [0.25, 0.3) is 6.08 Å². The fourth-order valence-electron chi connectivity index (χ4n) is 2.47. The Morgan fingerprint density at radius 2 is 2.00 bits per heavy atom. The van der Waals surface area contributed by atoms with Gasteiger partial charge in [0.15, 0.2) is 0 Å². The summed E-state index contributed by atoms with van der Waals surface area (Å²) in [7, 11) is 1.60. The van der Waals surface area contributed by atoms with E-state index in [1.54, 1.807) is 13.2 Å². The number of benzene rings is 1. The third kappa shape index (κ3) is 4.34. The van der Waals surface area contributed by atoms with Gasteiger partial charge in [0.2, 0.25) is 5.91 Å². The Labute approximate surface area is 123 Å². The van der Waals surface area contributed by atoms with Gasteiger partial charge < -0.3 is 15.2 Å². The normalized spacial score (nSPS) is 21.4. The lowest BCUT2D eigenvalue weighted by molar-refractivity contribution is -0.141. The smallest absolute Gasteiger partial charge is 0.306 e. The molecule has 5 heteroatoms. The molecule has 0 radical (unpaired) electrons. The molecule has 0 bridgehead atoms. The first-order chi connectivity index (χ1) is 10.1.